The van der Waals surface area contributed by atoms with Crippen molar-refractivity contribution in [2.24, 2.45) is 5.92 Å². The van der Waals surface area contributed by atoms with Gasteiger partial charge in [0.2, 0.25) is 5.91 Å². The van der Waals surface area contributed by atoms with Crippen molar-refractivity contribution < 1.29 is 9.59 Å². The number of urea groups is 1. The molecule has 3 amide bonds. The maximum atomic E-state index is 12.1. The lowest BCUT2D eigenvalue weighted by Crippen LogP contribution is -2.45. The van der Waals surface area contributed by atoms with Crippen molar-refractivity contribution in [1.29, 1.82) is 0 Å². The topological polar surface area (TPSA) is 61.4 Å². The van der Waals surface area contributed by atoms with Gasteiger partial charge < -0.3 is 15.5 Å². The molecule has 1 aliphatic rings. The summed E-state index contributed by atoms with van der Waals surface area (Å²) in [5, 5.41) is 5.63. The molecule has 0 radical (unpaired) electrons. The number of fused-ring (bicyclic) bond motifs is 1. The summed E-state index contributed by atoms with van der Waals surface area (Å²) >= 11 is 0. The molecule has 0 bridgehead atoms. The lowest BCUT2D eigenvalue weighted by molar-refractivity contribution is -0.123. The third kappa shape index (κ3) is 4.21. The highest BCUT2D eigenvalue weighted by Gasteiger charge is 2.19. The van der Waals surface area contributed by atoms with Crippen molar-refractivity contribution in [1.82, 2.24) is 15.5 Å². The summed E-state index contributed by atoms with van der Waals surface area (Å²) < 4.78 is 0. The van der Waals surface area contributed by atoms with E-state index < -0.39 is 0 Å². The van der Waals surface area contributed by atoms with Gasteiger partial charge in [0.15, 0.2) is 0 Å². The lowest BCUT2D eigenvalue weighted by atomic mass is 10.0. The lowest BCUT2D eigenvalue weighted by Gasteiger charge is -2.29. The quantitative estimate of drug-likeness (QED) is 0.826. The number of carbonyl (C=O) groups is 2. The first kappa shape index (κ1) is 15.4. The predicted molar refractivity (Wildman–Crippen MR) is 81.8 cm³/mol. The van der Waals surface area contributed by atoms with Crippen LogP contribution in [0.3, 0.4) is 0 Å². The number of rotatable bonds is 4. The van der Waals surface area contributed by atoms with Crippen LogP contribution in [0, 0.1) is 5.92 Å². The molecule has 1 aromatic rings. The van der Waals surface area contributed by atoms with Gasteiger partial charge in [0.1, 0.15) is 0 Å². The normalized spacial score (nSPS) is 13.8. The van der Waals surface area contributed by atoms with Crippen molar-refractivity contribution in [2.45, 2.75) is 26.8 Å². The van der Waals surface area contributed by atoms with Crippen LogP contribution in [-0.4, -0.2) is 36.5 Å². The summed E-state index contributed by atoms with van der Waals surface area (Å²) in [6.07, 6.45) is 0.897. The van der Waals surface area contributed by atoms with Crippen LogP contribution in [0.15, 0.2) is 24.3 Å². The van der Waals surface area contributed by atoms with Crippen molar-refractivity contribution in [3.8, 4) is 0 Å². The van der Waals surface area contributed by atoms with E-state index in [0.29, 0.717) is 19.6 Å². The highest BCUT2D eigenvalue weighted by Crippen LogP contribution is 2.18. The molecule has 2 rings (SSSR count). The first-order valence-corrected chi connectivity index (χ1v) is 7.45. The Kier molecular flexibility index (Phi) is 5.20. The van der Waals surface area contributed by atoms with Gasteiger partial charge in [-0.05, 0) is 17.5 Å². The van der Waals surface area contributed by atoms with Crippen LogP contribution in [-0.2, 0) is 17.8 Å². The van der Waals surface area contributed by atoms with Crippen LogP contribution in [0.2, 0.25) is 0 Å². The second-order valence-electron chi connectivity index (χ2n) is 5.62. The van der Waals surface area contributed by atoms with Gasteiger partial charge in [-0.25, -0.2) is 4.79 Å². The van der Waals surface area contributed by atoms with Crippen LogP contribution in [0.1, 0.15) is 25.0 Å². The Morgan fingerprint density at radius 2 is 1.81 bits per heavy atom. The largest absolute Gasteiger partial charge is 0.354 e. The monoisotopic (exact) mass is 289 g/mol. The molecule has 0 spiro atoms. The number of amides is 3. The average Bonchev–Trinajstić information content (AvgIpc) is 2.50. The highest BCUT2D eigenvalue weighted by atomic mass is 16.2. The smallest absolute Gasteiger partial charge is 0.317 e. The van der Waals surface area contributed by atoms with Crippen LogP contribution >= 0.6 is 0 Å². The van der Waals surface area contributed by atoms with E-state index in [-0.39, 0.29) is 17.9 Å². The van der Waals surface area contributed by atoms with Gasteiger partial charge in [0, 0.05) is 32.1 Å². The summed E-state index contributed by atoms with van der Waals surface area (Å²) in [5.74, 6) is -0.0181. The number of carbonyl (C=O) groups excluding carboxylic acids is 2. The molecule has 1 heterocycles. The van der Waals surface area contributed by atoms with E-state index in [1.807, 2.05) is 30.9 Å². The standard InChI is InChI=1S/C16H23N3O2/c1-12(2)15(20)17-8-9-18-16(21)19-10-7-13-5-3-4-6-14(13)11-19/h3-6,12H,7-11H2,1-2H3,(H,17,20)(H,18,21). The molecule has 114 valence electrons. The van der Waals surface area contributed by atoms with Gasteiger partial charge in [0.05, 0.1) is 0 Å². The van der Waals surface area contributed by atoms with Gasteiger partial charge in [-0.1, -0.05) is 38.1 Å². The fraction of sp³-hybridized carbons (Fsp3) is 0.500. The Bertz CT molecular complexity index is 514. The third-order valence-corrected chi connectivity index (χ3v) is 3.64. The summed E-state index contributed by atoms with van der Waals surface area (Å²) in [7, 11) is 0. The molecule has 1 aliphatic heterocycles. The van der Waals surface area contributed by atoms with E-state index in [1.54, 1.807) is 0 Å². The average molecular weight is 289 g/mol. The minimum atomic E-state index is -0.0664. The zero-order chi connectivity index (χ0) is 15.2. The number of benzene rings is 1. The number of nitrogens with zero attached hydrogens (tertiary/aromatic N) is 1. The van der Waals surface area contributed by atoms with Crippen LogP contribution in [0.25, 0.3) is 0 Å². The van der Waals surface area contributed by atoms with Gasteiger partial charge >= 0.3 is 6.03 Å². The minimum Gasteiger partial charge on any atom is -0.354 e. The molecule has 5 heteroatoms. The second-order valence-corrected chi connectivity index (χ2v) is 5.62. The first-order valence-electron chi connectivity index (χ1n) is 7.45. The summed E-state index contributed by atoms with van der Waals surface area (Å²) in [6, 6.07) is 8.15. The van der Waals surface area contributed by atoms with Crippen molar-refractivity contribution in [2.75, 3.05) is 19.6 Å². The molecule has 0 saturated carbocycles. The van der Waals surface area contributed by atoms with E-state index in [0.717, 1.165) is 13.0 Å². The van der Waals surface area contributed by atoms with Gasteiger partial charge in [0.25, 0.3) is 0 Å². The van der Waals surface area contributed by atoms with Crippen LogP contribution < -0.4 is 10.6 Å². The fourth-order valence-corrected chi connectivity index (χ4v) is 2.34. The molecule has 0 unspecified atom stereocenters. The second kappa shape index (κ2) is 7.11. The number of hydrogen-bond donors (Lipinski definition) is 2. The molecule has 2 N–H and O–H groups in total. The Hall–Kier alpha value is -2.04. The molecular formula is C16H23N3O2. The molecule has 0 aliphatic carbocycles. The third-order valence-electron chi connectivity index (χ3n) is 3.64. The van der Waals surface area contributed by atoms with Gasteiger partial charge in [-0.3, -0.25) is 4.79 Å². The predicted octanol–water partition coefficient (Wildman–Crippen LogP) is 1.53. The van der Waals surface area contributed by atoms with Crippen LogP contribution in [0.5, 0.6) is 0 Å². The SMILES string of the molecule is CC(C)C(=O)NCCNC(=O)N1CCc2ccccc2C1. The highest BCUT2D eigenvalue weighted by molar-refractivity contribution is 5.78. The Labute approximate surface area is 125 Å². The zero-order valence-corrected chi connectivity index (χ0v) is 12.7. The molecular weight excluding hydrogens is 266 g/mol. The Morgan fingerprint density at radius 3 is 2.52 bits per heavy atom. The summed E-state index contributed by atoms with van der Waals surface area (Å²) in [5.41, 5.74) is 2.54. The van der Waals surface area contributed by atoms with Crippen molar-refractivity contribution >= 4 is 11.9 Å². The van der Waals surface area contributed by atoms with E-state index >= 15 is 0 Å². The van der Waals surface area contributed by atoms with Gasteiger partial charge in [-0.15, -0.1) is 0 Å². The summed E-state index contributed by atoms with van der Waals surface area (Å²) in [6.45, 7) is 6.00. The maximum Gasteiger partial charge on any atom is 0.317 e. The van der Waals surface area contributed by atoms with E-state index in [4.69, 9.17) is 0 Å². The molecule has 5 nitrogen and oxygen atoms in total. The van der Waals surface area contributed by atoms with Gasteiger partial charge in [-0.2, -0.15) is 0 Å². The molecule has 21 heavy (non-hydrogen) atoms. The molecule has 0 saturated heterocycles. The maximum absolute atomic E-state index is 12.1. The van der Waals surface area contributed by atoms with E-state index in [9.17, 15) is 9.59 Å². The molecule has 0 fully saturated rings. The van der Waals surface area contributed by atoms with Crippen molar-refractivity contribution in [3.05, 3.63) is 35.4 Å². The van der Waals surface area contributed by atoms with Crippen LogP contribution in [0.4, 0.5) is 4.79 Å². The minimum absolute atomic E-state index is 0.0103. The first-order chi connectivity index (χ1) is 10.1. The fourth-order valence-electron chi connectivity index (χ4n) is 2.34. The van der Waals surface area contributed by atoms with E-state index in [2.05, 4.69) is 22.8 Å². The van der Waals surface area contributed by atoms with E-state index in [1.165, 1.54) is 11.1 Å². The summed E-state index contributed by atoms with van der Waals surface area (Å²) in [4.78, 5) is 25.3. The number of nitrogens with one attached hydrogen (secondary N) is 2. The number of hydrogen-bond acceptors (Lipinski definition) is 2. The Morgan fingerprint density at radius 1 is 1.14 bits per heavy atom. The Balaban J connectivity index is 1.74. The molecule has 0 aromatic heterocycles. The van der Waals surface area contributed by atoms with Crippen molar-refractivity contribution in [3.63, 3.8) is 0 Å². The zero-order valence-electron chi connectivity index (χ0n) is 12.7. The molecule has 0 atom stereocenters. The molecule has 1 aromatic carbocycles.